The van der Waals surface area contributed by atoms with Crippen LogP contribution in [0.4, 0.5) is 23.4 Å². The molecule has 1 aromatic carbocycles. The van der Waals surface area contributed by atoms with Gasteiger partial charge in [0.25, 0.3) is 0 Å². The van der Waals surface area contributed by atoms with Crippen LogP contribution in [0.2, 0.25) is 0 Å². The normalized spacial score (nSPS) is 17.6. The molecule has 9 nitrogen and oxygen atoms in total. The lowest BCUT2D eigenvalue weighted by Crippen LogP contribution is -2.46. The van der Waals surface area contributed by atoms with Crippen LogP contribution in [0.25, 0.3) is 22.8 Å². The highest BCUT2D eigenvalue weighted by atomic mass is 19.4. The predicted octanol–water partition coefficient (Wildman–Crippen LogP) is 5.57. The standard InChI is InChI=1S/C29H30F4N8O/c1-16(2)41-14-22(29(31,32)33)38-26(41)19-8-4-17(5-9-19)21-13-34-10-11-40(21)27-20(30)12-35-25(39-27)23-24(18-6-7-18)36-15-37-28(23)42-3/h4-5,8-9,12,14-16,18,21,34H,6-7,10-11,13H2,1-3H3. The van der Waals surface area contributed by atoms with Gasteiger partial charge in [-0.15, -0.1) is 0 Å². The average molecular weight is 583 g/mol. The second-order valence-corrected chi connectivity index (χ2v) is 10.8. The Morgan fingerprint density at radius 2 is 1.81 bits per heavy atom. The summed E-state index contributed by atoms with van der Waals surface area (Å²) in [4.78, 5) is 23.4. The number of halogens is 4. The van der Waals surface area contributed by atoms with Gasteiger partial charge in [-0.2, -0.15) is 13.2 Å². The van der Waals surface area contributed by atoms with E-state index in [4.69, 9.17) is 4.74 Å². The number of anilines is 1. The molecular formula is C29H30F4N8O. The van der Waals surface area contributed by atoms with Crippen LogP contribution in [0.15, 0.2) is 43.0 Å². The fourth-order valence-corrected chi connectivity index (χ4v) is 5.34. The van der Waals surface area contributed by atoms with Crippen LogP contribution >= 0.6 is 0 Å². The van der Waals surface area contributed by atoms with Crippen molar-refractivity contribution >= 4 is 5.82 Å². The number of aromatic nitrogens is 6. The fourth-order valence-electron chi connectivity index (χ4n) is 5.34. The molecule has 0 amide bonds. The molecule has 1 saturated heterocycles. The van der Waals surface area contributed by atoms with Crippen LogP contribution in [-0.2, 0) is 6.18 Å². The minimum atomic E-state index is -4.54. The largest absolute Gasteiger partial charge is 0.480 e. The lowest BCUT2D eigenvalue weighted by molar-refractivity contribution is -0.140. The monoisotopic (exact) mass is 582 g/mol. The summed E-state index contributed by atoms with van der Waals surface area (Å²) in [6.07, 6.45) is 1.09. The molecule has 2 fully saturated rings. The van der Waals surface area contributed by atoms with Crippen LogP contribution in [-0.4, -0.2) is 56.2 Å². The summed E-state index contributed by atoms with van der Waals surface area (Å²) in [5.41, 5.74) is 1.83. The van der Waals surface area contributed by atoms with E-state index in [0.29, 0.717) is 42.5 Å². The molecule has 0 spiro atoms. The molecule has 4 aromatic rings. The van der Waals surface area contributed by atoms with Gasteiger partial charge in [-0.05, 0) is 32.3 Å². The number of ether oxygens (including phenoxy) is 1. The van der Waals surface area contributed by atoms with E-state index in [1.807, 2.05) is 17.0 Å². The maximum atomic E-state index is 15.4. The molecule has 42 heavy (non-hydrogen) atoms. The Hall–Kier alpha value is -4.13. The van der Waals surface area contributed by atoms with Crippen LogP contribution in [0.3, 0.4) is 0 Å². The van der Waals surface area contributed by atoms with E-state index >= 15 is 4.39 Å². The third-order valence-electron chi connectivity index (χ3n) is 7.60. The van der Waals surface area contributed by atoms with Gasteiger partial charge in [0.2, 0.25) is 5.88 Å². The average Bonchev–Trinajstić information content (AvgIpc) is 3.73. The Balaban J connectivity index is 1.35. The molecule has 1 saturated carbocycles. The van der Waals surface area contributed by atoms with Crippen LogP contribution < -0.4 is 15.0 Å². The quantitative estimate of drug-likeness (QED) is 0.283. The number of nitrogens with zero attached hydrogens (tertiary/aromatic N) is 7. The van der Waals surface area contributed by atoms with Crippen LogP contribution in [0.5, 0.6) is 5.88 Å². The van der Waals surface area contributed by atoms with Crippen molar-refractivity contribution in [3.8, 4) is 28.7 Å². The predicted molar refractivity (Wildman–Crippen MR) is 148 cm³/mol. The lowest BCUT2D eigenvalue weighted by atomic mass is 10.0. The summed E-state index contributed by atoms with van der Waals surface area (Å²) >= 11 is 0. The number of imidazole rings is 1. The molecule has 220 valence electrons. The first-order chi connectivity index (χ1) is 20.2. The zero-order valence-electron chi connectivity index (χ0n) is 23.4. The molecule has 1 aliphatic carbocycles. The van der Waals surface area contributed by atoms with E-state index < -0.39 is 17.7 Å². The van der Waals surface area contributed by atoms with E-state index in [1.165, 1.54) is 18.0 Å². The van der Waals surface area contributed by atoms with Crippen molar-refractivity contribution in [3.05, 3.63) is 65.8 Å². The molecule has 2 aliphatic rings. The second-order valence-electron chi connectivity index (χ2n) is 10.8. The Labute approximate surface area is 240 Å². The molecule has 1 aliphatic heterocycles. The number of piperazine rings is 1. The van der Waals surface area contributed by atoms with Gasteiger partial charge in [-0.1, -0.05) is 24.3 Å². The van der Waals surface area contributed by atoms with Crippen molar-refractivity contribution in [3.63, 3.8) is 0 Å². The molecule has 0 bridgehead atoms. The molecule has 3 aromatic heterocycles. The highest BCUT2D eigenvalue weighted by molar-refractivity contribution is 5.67. The van der Waals surface area contributed by atoms with E-state index in [9.17, 15) is 13.2 Å². The number of methoxy groups -OCH3 is 1. The molecular weight excluding hydrogens is 552 g/mol. The van der Waals surface area contributed by atoms with Crippen LogP contribution in [0, 0.1) is 5.82 Å². The highest BCUT2D eigenvalue weighted by Crippen LogP contribution is 2.45. The van der Waals surface area contributed by atoms with E-state index in [1.54, 1.807) is 26.0 Å². The first kappa shape index (κ1) is 28.0. The van der Waals surface area contributed by atoms with Gasteiger partial charge >= 0.3 is 6.18 Å². The lowest BCUT2D eigenvalue weighted by Gasteiger charge is -2.37. The maximum absolute atomic E-state index is 15.4. The van der Waals surface area contributed by atoms with Crippen molar-refractivity contribution < 1.29 is 22.3 Å². The summed E-state index contributed by atoms with van der Waals surface area (Å²) in [5.74, 6) is 0.709. The molecule has 1 N–H and O–H groups in total. The minimum Gasteiger partial charge on any atom is -0.480 e. The van der Waals surface area contributed by atoms with Crippen molar-refractivity contribution in [1.82, 2.24) is 34.8 Å². The summed E-state index contributed by atoms with van der Waals surface area (Å²) in [7, 11) is 1.51. The van der Waals surface area contributed by atoms with E-state index in [-0.39, 0.29) is 29.6 Å². The molecule has 4 heterocycles. The van der Waals surface area contributed by atoms with Crippen molar-refractivity contribution in [2.75, 3.05) is 31.6 Å². The number of rotatable bonds is 7. The third kappa shape index (κ3) is 5.28. The first-order valence-corrected chi connectivity index (χ1v) is 13.8. The van der Waals surface area contributed by atoms with E-state index in [0.717, 1.165) is 36.5 Å². The smallest absolute Gasteiger partial charge is 0.434 e. The zero-order chi connectivity index (χ0) is 29.6. The SMILES string of the molecule is COc1ncnc(C2CC2)c1-c1ncc(F)c(N2CCNCC2c2ccc(-c3nc(C(F)(F)F)cn3C(C)C)cc2)n1. The number of hydrogen-bond donors (Lipinski definition) is 1. The van der Waals surface area contributed by atoms with Crippen molar-refractivity contribution in [2.45, 2.75) is 50.9 Å². The number of hydrogen-bond acceptors (Lipinski definition) is 8. The number of alkyl halides is 3. The molecule has 6 rings (SSSR count). The Bertz CT molecular complexity index is 1580. The molecule has 13 heteroatoms. The zero-order valence-corrected chi connectivity index (χ0v) is 23.4. The highest BCUT2D eigenvalue weighted by Gasteiger charge is 2.36. The summed E-state index contributed by atoms with van der Waals surface area (Å²) in [5, 5.41) is 3.35. The second kappa shape index (κ2) is 10.9. The Morgan fingerprint density at radius 1 is 1.05 bits per heavy atom. The Kier molecular flexibility index (Phi) is 7.29. The third-order valence-corrected chi connectivity index (χ3v) is 7.60. The Morgan fingerprint density at radius 3 is 2.48 bits per heavy atom. The maximum Gasteiger partial charge on any atom is 0.434 e. The van der Waals surface area contributed by atoms with Crippen molar-refractivity contribution in [1.29, 1.82) is 0 Å². The van der Waals surface area contributed by atoms with E-state index in [2.05, 4.69) is 30.2 Å². The first-order valence-electron chi connectivity index (χ1n) is 13.8. The van der Waals surface area contributed by atoms with Gasteiger partial charge in [0.15, 0.2) is 23.2 Å². The number of nitrogens with one attached hydrogen (secondary N) is 1. The van der Waals surface area contributed by atoms with Gasteiger partial charge in [-0.25, -0.2) is 29.3 Å². The topological polar surface area (TPSA) is 93.9 Å². The van der Waals surface area contributed by atoms with Gasteiger partial charge in [-0.3, -0.25) is 0 Å². The summed E-state index contributed by atoms with van der Waals surface area (Å²) in [6, 6.07) is 6.67. The van der Waals surface area contributed by atoms with Gasteiger partial charge in [0.05, 0.1) is 25.0 Å². The molecule has 0 radical (unpaired) electrons. The van der Waals surface area contributed by atoms with Gasteiger partial charge in [0.1, 0.15) is 17.7 Å². The van der Waals surface area contributed by atoms with Gasteiger partial charge in [0, 0.05) is 43.4 Å². The molecule has 1 atom stereocenters. The molecule has 1 unspecified atom stereocenters. The summed E-state index contributed by atoms with van der Waals surface area (Å²) < 4.78 is 62.6. The van der Waals surface area contributed by atoms with Gasteiger partial charge < -0.3 is 19.5 Å². The summed E-state index contributed by atoms with van der Waals surface area (Å²) in [6.45, 7) is 5.22. The fraction of sp³-hybridized carbons (Fsp3) is 0.414. The minimum absolute atomic E-state index is 0.147. The van der Waals surface area contributed by atoms with Crippen LogP contribution in [0.1, 0.15) is 61.6 Å². The number of benzene rings is 1. The van der Waals surface area contributed by atoms with Crippen molar-refractivity contribution in [2.24, 2.45) is 0 Å².